The van der Waals surface area contributed by atoms with E-state index in [9.17, 15) is 13.2 Å². The molecule has 1 unspecified atom stereocenters. The summed E-state index contributed by atoms with van der Waals surface area (Å²) in [5.74, 6) is -0.122. The fourth-order valence-corrected chi connectivity index (χ4v) is 4.14. The summed E-state index contributed by atoms with van der Waals surface area (Å²) >= 11 is 0. The van der Waals surface area contributed by atoms with Crippen LogP contribution in [0.25, 0.3) is 0 Å². The Balaban J connectivity index is 2.14. The Morgan fingerprint density at radius 3 is 2.70 bits per heavy atom. The van der Waals surface area contributed by atoms with Crippen LogP contribution in [0.15, 0.2) is 29.4 Å². The molecular weight excluding hydrogens is 316 g/mol. The molecule has 1 amide bonds. The van der Waals surface area contributed by atoms with Gasteiger partial charge in [-0.2, -0.15) is 0 Å². The molecule has 0 spiro atoms. The Bertz CT molecular complexity index is 638. The van der Waals surface area contributed by atoms with E-state index < -0.39 is 21.5 Å². The lowest BCUT2D eigenvalue weighted by molar-refractivity contribution is 0.0124. The standard InChI is InChI=1S/C16H24N2O4S/c1-16(2,3)22-15(19)18-11-7-5-8-13(18)12-23(20,21)14-9-4-6-10-17-14/h4,6,9-10,13H,5,7-8,11-12H2,1-3H3. The number of sulfone groups is 1. The second kappa shape index (κ2) is 6.86. The summed E-state index contributed by atoms with van der Waals surface area (Å²) in [5.41, 5.74) is -0.598. The first-order valence-corrected chi connectivity index (χ1v) is 9.48. The predicted molar refractivity (Wildman–Crippen MR) is 86.9 cm³/mol. The van der Waals surface area contributed by atoms with Crippen LogP contribution in [0, 0.1) is 0 Å². The van der Waals surface area contributed by atoms with Gasteiger partial charge >= 0.3 is 6.09 Å². The maximum Gasteiger partial charge on any atom is 0.410 e. The third-order valence-electron chi connectivity index (χ3n) is 3.62. The van der Waals surface area contributed by atoms with Crippen LogP contribution in [0.1, 0.15) is 40.0 Å². The molecule has 1 aliphatic heterocycles. The molecule has 0 aliphatic carbocycles. The lowest BCUT2D eigenvalue weighted by Crippen LogP contribution is -2.48. The van der Waals surface area contributed by atoms with Crippen LogP contribution in [-0.4, -0.2) is 48.3 Å². The minimum atomic E-state index is -3.53. The Labute approximate surface area is 137 Å². The zero-order chi connectivity index (χ0) is 17.1. The maximum absolute atomic E-state index is 12.5. The Morgan fingerprint density at radius 1 is 1.35 bits per heavy atom. The maximum atomic E-state index is 12.5. The molecule has 0 bridgehead atoms. The van der Waals surface area contributed by atoms with Crippen molar-refractivity contribution < 1.29 is 17.9 Å². The highest BCUT2D eigenvalue weighted by Crippen LogP contribution is 2.23. The molecule has 0 aromatic carbocycles. The molecule has 0 saturated carbocycles. The van der Waals surface area contributed by atoms with E-state index in [0.29, 0.717) is 13.0 Å². The Morgan fingerprint density at radius 2 is 2.09 bits per heavy atom. The summed E-state index contributed by atoms with van der Waals surface area (Å²) in [6, 6.07) is 4.43. The lowest BCUT2D eigenvalue weighted by atomic mass is 10.0. The average Bonchev–Trinajstić information content (AvgIpc) is 2.46. The van der Waals surface area contributed by atoms with Crippen molar-refractivity contribution in [2.24, 2.45) is 0 Å². The number of piperidine rings is 1. The van der Waals surface area contributed by atoms with Gasteiger partial charge in [-0.05, 0) is 52.2 Å². The summed E-state index contributed by atoms with van der Waals surface area (Å²) < 4.78 is 30.4. The first kappa shape index (κ1) is 17.7. The molecule has 1 atom stereocenters. The van der Waals surface area contributed by atoms with E-state index >= 15 is 0 Å². The fraction of sp³-hybridized carbons (Fsp3) is 0.625. The quantitative estimate of drug-likeness (QED) is 0.845. The summed E-state index contributed by atoms with van der Waals surface area (Å²) in [5, 5.41) is 0.0507. The molecule has 2 heterocycles. The van der Waals surface area contributed by atoms with Crippen molar-refractivity contribution in [1.29, 1.82) is 0 Å². The number of amides is 1. The second-order valence-electron chi connectivity index (χ2n) is 6.77. The van der Waals surface area contributed by atoms with Crippen LogP contribution >= 0.6 is 0 Å². The third kappa shape index (κ3) is 4.92. The zero-order valence-electron chi connectivity index (χ0n) is 13.9. The molecule has 6 nitrogen and oxygen atoms in total. The van der Waals surface area contributed by atoms with Crippen LogP contribution in [0.2, 0.25) is 0 Å². The van der Waals surface area contributed by atoms with Gasteiger partial charge in [0.25, 0.3) is 0 Å². The highest BCUT2D eigenvalue weighted by Gasteiger charge is 2.34. The van der Waals surface area contributed by atoms with E-state index in [4.69, 9.17) is 4.74 Å². The monoisotopic (exact) mass is 340 g/mol. The number of hydrogen-bond acceptors (Lipinski definition) is 5. The number of rotatable bonds is 3. The molecule has 128 valence electrons. The predicted octanol–water partition coefficient (Wildman–Crippen LogP) is 2.64. The minimum Gasteiger partial charge on any atom is -0.444 e. The summed E-state index contributed by atoms with van der Waals surface area (Å²) in [6.45, 7) is 5.93. The number of aromatic nitrogens is 1. The SMILES string of the molecule is CC(C)(C)OC(=O)N1CCCCC1CS(=O)(=O)c1ccccn1. The van der Waals surface area contributed by atoms with Crippen LogP contribution in [0.5, 0.6) is 0 Å². The molecule has 7 heteroatoms. The van der Waals surface area contributed by atoms with Crippen molar-refractivity contribution in [3.05, 3.63) is 24.4 Å². The molecule has 0 N–H and O–H groups in total. The Kier molecular flexibility index (Phi) is 5.29. The summed E-state index contributed by atoms with van der Waals surface area (Å²) in [6.07, 6.45) is 3.43. The Hall–Kier alpha value is -1.63. The van der Waals surface area contributed by atoms with Crippen molar-refractivity contribution in [3.63, 3.8) is 0 Å². The van der Waals surface area contributed by atoms with Gasteiger partial charge < -0.3 is 9.64 Å². The van der Waals surface area contributed by atoms with E-state index in [0.717, 1.165) is 12.8 Å². The van der Waals surface area contributed by atoms with Crippen molar-refractivity contribution >= 4 is 15.9 Å². The molecule has 1 aliphatic rings. The van der Waals surface area contributed by atoms with Gasteiger partial charge in [-0.3, -0.25) is 0 Å². The smallest absolute Gasteiger partial charge is 0.410 e. The highest BCUT2D eigenvalue weighted by atomic mass is 32.2. The second-order valence-corrected chi connectivity index (χ2v) is 8.75. The van der Waals surface area contributed by atoms with Gasteiger partial charge in [0.1, 0.15) is 5.60 Å². The van der Waals surface area contributed by atoms with Crippen molar-refractivity contribution in [2.75, 3.05) is 12.3 Å². The molecule has 1 aromatic heterocycles. The first-order chi connectivity index (χ1) is 10.7. The molecule has 0 radical (unpaired) electrons. The number of pyridine rings is 1. The summed E-state index contributed by atoms with van der Waals surface area (Å²) in [4.78, 5) is 17.8. The van der Waals surface area contributed by atoms with E-state index in [2.05, 4.69) is 4.98 Å². The van der Waals surface area contributed by atoms with Crippen LogP contribution in [-0.2, 0) is 14.6 Å². The minimum absolute atomic E-state index is 0.0507. The van der Waals surface area contributed by atoms with Gasteiger partial charge in [0.2, 0.25) is 0 Å². The molecular formula is C16H24N2O4S. The van der Waals surface area contributed by atoms with Crippen LogP contribution < -0.4 is 0 Å². The lowest BCUT2D eigenvalue weighted by Gasteiger charge is -2.36. The number of carbonyl (C=O) groups is 1. The number of nitrogens with zero attached hydrogens (tertiary/aromatic N) is 2. The van der Waals surface area contributed by atoms with Crippen molar-refractivity contribution in [2.45, 2.75) is 56.7 Å². The largest absolute Gasteiger partial charge is 0.444 e. The number of carbonyl (C=O) groups excluding carboxylic acids is 1. The van der Waals surface area contributed by atoms with Gasteiger partial charge in [0.05, 0.1) is 5.75 Å². The number of ether oxygens (including phenoxy) is 1. The average molecular weight is 340 g/mol. The van der Waals surface area contributed by atoms with E-state index in [1.165, 1.54) is 12.3 Å². The van der Waals surface area contributed by atoms with E-state index in [1.807, 2.05) is 0 Å². The van der Waals surface area contributed by atoms with Gasteiger partial charge in [-0.25, -0.2) is 18.2 Å². The van der Waals surface area contributed by atoms with Gasteiger partial charge in [0, 0.05) is 18.8 Å². The van der Waals surface area contributed by atoms with Gasteiger partial charge in [0.15, 0.2) is 14.9 Å². The topological polar surface area (TPSA) is 76.6 Å². The van der Waals surface area contributed by atoms with E-state index in [-0.39, 0.29) is 16.8 Å². The fourth-order valence-electron chi connectivity index (χ4n) is 2.60. The van der Waals surface area contributed by atoms with Crippen molar-refractivity contribution in [1.82, 2.24) is 9.88 Å². The first-order valence-electron chi connectivity index (χ1n) is 7.82. The van der Waals surface area contributed by atoms with Gasteiger partial charge in [-0.1, -0.05) is 6.07 Å². The molecule has 1 aromatic rings. The number of likely N-dealkylation sites (tertiary alicyclic amines) is 1. The van der Waals surface area contributed by atoms with Gasteiger partial charge in [-0.15, -0.1) is 0 Å². The van der Waals surface area contributed by atoms with E-state index in [1.54, 1.807) is 37.8 Å². The van der Waals surface area contributed by atoms with Crippen LogP contribution in [0.4, 0.5) is 4.79 Å². The summed E-state index contributed by atoms with van der Waals surface area (Å²) in [7, 11) is -3.53. The number of hydrogen-bond donors (Lipinski definition) is 0. The highest BCUT2D eigenvalue weighted by molar-refractivity contribution is 7.91. The molecule has 23 heavy (non-hydrogen) atoms. The van der Waals surface area contributed by atoms with Crippen LogP contribution in [0.3, 0.4) is 0 Å². The normalized spacial score (nSPS) is 19.4. The third-order valence-corrected chi connectivity index (χ3v) is 5.33. The molecule has 1 saturated heterocycles. The zero-order valence-corrected chi connectivity index (χ0v) is 14.7. The van der Waals surface area contributed by atoms with Crippen molar-refractivity contribution in [3.8, 4) is 0 Å². The molecule has 1 fully saturated rings. The molecule has 2 rings (SSSR count).